The monoisotopic (exact) mass is 260 g/mol. The number of hydrogen-bond donors (Lipinski definition) is 2. The Morgan fingerprint density at radius 2 is 1.89 bits per heavy atom. The van der Waals surface area contributed by atoms with Crippen molar-refractivity contribution in [1.82, 2.24) is 10.6 Å². The molecular formula is C16H24N2O. The molecule has 0 unspecified atom stereocenters. The molecule has 2 rings (SSSR count). The quantitative estimate of drug-likeness (QED) is 0.872. The molecular weight excluding hydrogens is 236 g/mol. The zero-order chi connectivity index (χ0) is 13.7. The predicted octanol–water partition coefficient (Wildman–Crippen LogP) is 2.37. The van der Waals surface area contributed by atoms with Gasteiger partial charge in [0.25, 0.3) is 5.91 Å². The Bertz CT molecular complexity index is 419. The topological polar surface area (TPSA) is 41.1 Å². The van der Waals surface area contributed by atoms with Gasteiger partial charge >= 0.3 is 0 Å². The van der Waals surface area contributed by atoms with Crippen LogP contribution in [0.2, 0.25) is 0 Å². The number of carbonyl (C=O) groups is 1. The van der Waals surface area contributed by atoms with Gasteiger partial charge in [-0.2, -0.15) is 0 Å². The zero-order valence-electron chi connectivity index (χ0n) is 12.0. The summed E-state index contributed by atoms with van der Waals surface area (Å²) < 4.78 is 0. The van der Waals surface area contributed by atoms with E-state index in [2.05, 4.69) is 24.5 Å². The lowest BCUT2D eigenvalue weighted by molar-refractivity contribution is 0.0922. The van der Waals surface area contributed by atoms with Crippen molar-refractivity contribution >= 4 is 5.91 Å². The second-order valence-corrected chi connectivity index (χ2v) is 5.79. The van der Waals surface area contributed by atoms with Gasteiger partial charge in [0.2, 0.25) is 0 Å². The van der Waals surface area contributed by atoms with E-state index in [1.165, 1.54) is 5.56 Å². The molecule has 3 heteroatoms. The molecule has 0 spiro atoms. The molecule has 2 N–H and O–H groups in total. The van der Waals surface area contributed by atoms with E-state index in [0.717, 1.165) is 44.5 Å². The highest BCUT2D eigenvalue weighted by Crippen LogP contribution is 2.26. The van der Waals surface area contributed by atoms with E-state index in [1.54, 1.807) is 0 Å². The summed E-state index contributed by atoms with van der Waals surface area (Å²) in [4.78, 5) is 12.1. The fraction of sp³-hybridized carbons (Fsp3) is 0.562. The fourth-order valence-corrected chi connectivity index (χ4v) is 2.49. The van der Waals surface area contributed by atoms with Crippen LogP contribution in [0, 0.1) is 5.41 Å². The van der Waals surface area contributed by atoms with Crippen molar-refractivity contribution in [2.24, 2.45) is 5.41 Å². The van der Waals surface area contributed by atoms with Gasteiger partial charge in [0.15, 0.2) is 0 Å². The second kappa shape index (κ2) is 6.20. The normalized spacial score (nSPS) is 18.0. The van der Waals surface area contributed by atoms with Crippen molar-refractivity contribution in [1.29, 1.82) is 0 Å². The number of hydrogen-bond acceptors (Lipinski definition) is 2. The summed E-state index contributed by atoms with van der Waals surface area (Å²) >= 11 is 0. The molecule has 1 aromatic rings. The van der Waals surface area contributed by atoms with Gasteiger partial charge in [-0.25, -0.2) is 0 Å². The Hall–Kier alpha value is -1.35. The smallest absolute Gasteiger partial charge is 0.251 e. The minimum absolute atomic E-state index is 0.0439. The van der Waals surface area contributed by atoms with Crippen LogP contribution in [-0.2, 0) is 6.42 Å². The first kappa shape index (κ1) is 14.1. The van der Waals surface area contributed by atoms with Crippen molar-refractivity contribution < 1.29 is 4.79 Å². The largest absolute Gasteiger partial charge is 0.351 e. The maximum atomic E-state index is 12.1. The molecule has 0 aliphatic carbocycles. The van der Waals surface area contributed by atoms with Crippen LogP contribution in [0.4, 0.5) is 0 Å². The van der Waals surface area contributed by atoms with Crippen LogP contribution in [0.15, 0.2) is 24.3 Å². The molecule has 0 radical (unpaired) electrons. The molecule has 1 amide bonds. The van der Waals surface area contributed by atoms with Gasteiger partial charge < -0.3 is 10.6 Å². The lowest BCUT2D eigenvalue weighted by Gasteiger charge is -2.34. The summed E-state index contributed by atoms with van der Waals surface area (Å²) in [5.41, 5.74) is 2.26. The summed E-state index contributed by atoms with van der Waals surface area (Å²) in [5.74, 6) is 0.0439. The van der Waals surface area contributed by atoms with Crippen LogP contribution >= 0.6 is 0 Å². The molecule has 0 aromatic heterocycles. The summed E-state index contributed by atoms with van der Waals surface area (Å²) in [6.45, 7) is 7.25. The minimum Gasteiger partial charge on any atom is -0.351 e. The van der Waals surface area contributed by atoms with Crippen LogP contribution in [0.3, 0.4) is 0 Å². The van der Waals surface area contributed by atoms with E-state index in [-0.39, 0.29) is 11.3 Å². The standard InChI is InChI=1S/C16H24N2O/c1-3-13-4-6-14(7-5-13)15(19)18-12-16(2)8-10-17-11-9-16/h4-7,17H,3,8-12H2,1-2H3,(H,18,19). The minimum atomic E-state index is 0.0439. The number of nitrogens with one attached hydrogen (secondary N) is 2. The third-order valence-electron chi connectivity index (χ3n) is 4.11. The number of carbonyl (C=O) groups excluding carboxylic acids is 1. The number of piperidine rings is 1. The van der Waals surface area contributed by atoms with Crippen molar-refractivity contribution in [3.8, 4) is 0 Å². The molecule has 3 nitrogen and oxygen atoms in total. The lowest BCUT2D eigenvalue weighted by Crippen LogP contribution is -2.42. The average Bonchev–Trinajstić information content (AvgIpc) is 2.46. The highest BCUT2D eigenvalue weighted by atomic mass is 16.1. The molecule has 1 aliphatic heterocycles. The van der Waals surface area contributed by atoms with Crippen molar-refractivity contribution in [3.05, 3.63) is 35.4 Å². The van der Waals surface area contributed by atoms with Gasteiger partial charge in [0, 0.05) is 12.1 Å². The number of benzene rings is 1. The molecule has 0 saturated carbocycles. The molecule has 19 heavy (non-hydrogen) atoms. The maximum absolute atomic E-state index is 12.1. The second-order valence-electron chi connectivity index (χ2n) is 5.79. The van der Waals surface area contributed by atoms with Gasteiger partial charge in [-0.1, -0.05) is 26.0 Å². The van der Waals surface area contributed by atoms with E-state index in [1.807, 2.05) is 24.3 Å². The summed E-state index contributed by atoms with van der Waals surface area (Å²) in [5, 5.41) is 6.44. The Balaban J connectivity index is 1.89. The van der Waals surface area contributed by atoms with Crippen LogP contribution < -0.4 is 10.6 Å². The van der Waals surface area contributed by atoms with Crippen LogP contribution in [0.5, 0.6) is 0 Å². The first-order valence-corrected chi connectivity index (χ1v) is 7.21. The van der Waals surface area contributed by atoms with Gasteiger partial charge in [0.1, 0.15) is 0 Å². The van der Waals surface area contributed by atoms with Gasteiger partial charge in [0.05, 0.1) is 0 Å². The van der Waals surface area contributed by atoms with Crippen LogP contribution in [-0.4, -0.2) is 25.5 Å². The van der Waals surface area contributed by atoms with Gasteiger partial charge in [-0.05, 0) is 55.5 Å². The fourth-order valence-electron chi connectivity index (χ4n) is 2.49. The molecule has 0 bridgehead atoms. The number of rotatable bonds is 4. The molecule has 0 atom stereocenters. The van der Waals surface area contributed by atoms with Crippen molar-refractivity contribution in [2.75, 3.05) is 19.6 Å². The molecule has 104 valence electrons. The van der Waals surface area contributed by atoms with E-state index >= 15 is 0 Å². The number of aryl methyl sites for hydroxylation is 1. The molecule has 1 saturated heterocycles. The Labute approximate surface area is 115 Å². The molecule has 1 fully saturated rings. The highest BCUT2D eigenvalue weighted by molar-refractivity contribution is 5.94. The Morgan fingerprint density at radius 1 is 1.26 bits per heavy atom. The average molecular weight is 260 g/mol. The van der Waals surface area contributed by atoms with Crippen LogP contribution in [0.1, 0.15) is 42.6 Å². The third-order valence-corrected chi connectivity index (χ3v) is 4.11. The first-order valence-electron chi connectivity index (χ1n) is 7.21. The highest BCUT2D eigenvalue weighted by Gasteiger charge is 2.27. The Morgan fingerprint density at radius 3 is 2.47 bits per heavy atom. The zero-order valence-corrected chi connectivity index (χ0v) is 12.0. The van der Waals surface area contributed by atoms with E-state index in [0.29, 0.717) is 0 Å². The molecule has 1 aliphatic rings. The summed E-state index contributed by atoms with van der Waals surface area (Å²) in [7, 11) is 0. The molecule has 1 heterocycles. The number of amides is 1. The van der Waals surface area contributed by atoms with Crippen LogP contribution in [0.25, 0.3) is 0 Å². The summed E-state index contributed by atoms with van der Waals surface area (Å²) in [6, 6.07) is 7.89. The van der Waals surface area contributed by atoms with E-state index in [9.17, 15) is 4.79 Å². The van der Waals surface area contributed by atoms with Gasteiger partial charge in [-0.15, -0.1) is 0 Å². The lowest BCUT2D eigenvalue weighted by atomic mass is 9.81. The third kappa shape index (κ3) is 3.80. The summed E-state index contributed by atoms with van der Waals surface area (Å²) in [6.07, 6.45) is 3.26. The van der Waals surface area contributed by atoms with Crippen molar-refractivity contribution in [2.45, 2.75) is 33.1 Å². The molecule has 1 aromatic carbocycles. The SMILES string of the molecule is CCc1ccc(C(=O)NCC2(C)CCNCC2)cc1. The first-order chi connectivity index (χ1) is 9.13. The Kier molecular flexibility index (Phi) is 4.59. The van der Waals surface area contributed by atoms with E-state index in [4.69, 9.17) is 0 Å². The van der Waals surface area contributed by atoms with Gasteiger partial charge in [-0.3, -0.25) is 4.79 Å². The predicted molar refractivity (Wildman–Crippen MR) is 78.4 cm³/mol. The van der Waals surface area contributed by atoms with E-state index < -0.39 is 0 Å². The van der Waals surface area contributed by atoms with Crippen molar-refractivity contribution in [3.63, 3.8) is 0 Å². The maximum Gasteiger partial charge on any atom is 0.251 e.